The maximum Gasteiger partial charge on any atom is 0.254 e. The number of halogens is 1. The van der Waals surface area contributed by atoms with Crippen molar-refractivity contribution in [1.82, 2.24) is 5.01 Å². The van der Waals surface area contributed by atoms with E-state index in [9.17, 15) is 14.7 Å². The molecule has 27 heavy (non-hydrogen) atoms. The Morgan fingerprint density at radius 1 is 1.22 bits per heavy atom. The Morgan fingerprint density at radius 3 is 2.44 bits per heavy atom. The van der Waals surface area contributed by atoms with Crippen molar-refractivity contribution in [3.8, 4) is 11.5 Å². The van der Waals surface area contributed by atoms with Crippen LogP contribution in [0.3, 0.4) is 0 Å². The van der Waals surface area contributed by atoms with Gasteiger partial charge in [-0.05, 0) is 54.7 Å². The molecule has 7 heteroatoms. The van der Waals surface area contributed by atoms with E-state index in [-0.39, 0.29) is 52.0 Å². The minimum absolute atomic E-state index is 0.123. The second kappa shape index (κ2) is 5.83. The molecular weight excluding hydrogens is 368 g/mol. The highest BCUT2D eigenvalue weighted by atomic mass is 35.5. The molecule has 140 valence electrons. The predicted octanol–water partition coefficient (Wildman–Crippen LogP) is 2.83. The second-order valence-corrected chi connectivity index (χ2v) is 8.08. The number of carbonyl (C=O) groups excluding carboxylic acids is 2. The molecule has 6 nitrogen and oxygen atoms in total. The van der Waals surface area contributed by atoms with Gasteiger partial charge in [-0.1, -0.05) is 23.8 Å². The third-order valence-electron chi connectivity index (χ3n) is 6.31. The van der Waals surface area contributed by atoms with Crippen molar-refractivity contribution in [1.29, 1.82) is 0 Å². The summed E-state index contributed by atoms with van der Waals surface area (Å²) in [5.74, 6) is 0.619. The SMILES string of the molecule is CCOc1cc(/C=N\N2C(=O)[C@@H]3[C@@H]4C=C[C@H]([C@H]5C[C@H]45)[C@@H]3C2=O)cc(Cl)c1O. The van der Waals surface area contributed by atoms with Gasteiger partial charge < -0.3 is 9.84 Å². The average molecular weight is 387 g/mol. The number of hydrogen-bond acceptors (Lipinski definition) is 5. The first kappa shape index (κ1) is 16.8. The first-order chi connectivity index (χ1) is 13.0. The van der Waals surface area contributed by atoms with Crippen LogP contribution in [0.25, 0.3) is 0 Å². The number of benzene rings is 1. The van der Waals surface area contributed by atoms with Crippen LogP contribution in [0.15, 0.2) is 29.4 Å². The number of ether oxygens (including phenoxy) is 1. The summed E-state index contributed by atoms with van der Waals surface area (Å²) < 4.78 is 5.35. The Labute approximate surface area is 161 Å². The molecule has 0 radical (unpaired) electrons. The van der Waals surface area contributed by atoms with E-state index < -0.39 is 0 Å². The molecule has 1 aliphatic heterocycles. The van der Waals surface area contributed by atoms with E-state index in [4.69, 9.17) is 16.3 Å². The van der Waals surface area contributed by atoms with Crippen LogP contribution < -0.4 is 4.74 Å². The molecular formula is C20H19ClN2O4. The lowest BCUT2D eigenvalue weighted by atomic mass is 9.63. The van der Waals surface area contributed by atoms with E-state index in [0.29, 0.717) is 24.0 Å². The highest BCUT2D eigenvalue weighted by Crippen LogP contribution is 2.65. The van der Waals surface area contributed by atoms with E-state index in [1.807, 2.05) is 0 Å². The molecule has 1 aromatic rings. The van der Waals surface area contributed by atoms with Crippen LogP contribution >= 0.6 is 11.6 Å². The molecule has 6 atom stereocenters. The van der Waals surface area contributed by atoms with Crippen LogP contribution in [0, 0.1) is 35.5 Å². The number of hydrazone groups is 1. The van der Waals surface area contributed by atoms with E-state index in [2.05, 4.69) is 17.3 Å². The Bertz CT molecular complexity index is 875. The quantitative estimate of drug-likeness (QED) is 0.490. The van der Waals surface area contributed by atoms with Gasteiger partial charge in [0.05, 0.1) is 29.7 Å². The molecule has 3 fully saturated rings. The van der Waals surface area contributed by atoms with Crippen LogP contribution in [-0.2, 0) is 9.59 Å². The van der Waals surface area contributed by atoms with Crippen molar-refractivity contribution in [2.45, 2.75) is 13.3 Å². The zero-order chi connectivity index (χ0) is 18.9. The number of rotatable bonds is 4. The summed E-state index contributed by atoms with van der Waals surface area (Å²) in [5, 5.41) is 15.2. The fraction of sp³-hybridized carbons (Fsp3) is 0.450. The first-order valence-electron chi connectivity index (χ1n) is 9.26. The predicted molar refractivity (Wildman–Crippen MR) is 98.4 cm³/mol. The number of phenolic OH excluding ortho intramolecular Hbond substituents is 1. The van der Waals surface area contributed by atoms with Crippen molar-refractivity contribution in [2.24, 2.45) is 40.6 Å². The van der Waals surface area contributed by atoms with Gasteiger partial charge >= 0.3 is 0 Å². The van der Waals surface area contributed by atoms with Gasteiger partial charge in [0.15, 0.2) is 11.5 Å². The minimum atomic E-state index is -0.268. The summed E-state index contributed by atoms with van der Waals surface area (Å²) in [7, 11) is 0. The third-order valence-corrected chi connectivity index (χ3v) is 6.60. The molecule has 0 aromatic heterocycles. The molecule has 1 N–H and O–H groups in total. The number of aromatic hydroxyl groups is 1. The van der Waals surface area contributed by atoms with E-state index in [1.54, 1.807) is 13.0 Å². The molecule has 2 saturated carbocycles. The lowest BCUT2D eigenvalue weighted by Crippen LogP contribution is -2.40. The number of nitrogens with zero attached hydrogens (tertiary/aromatic N) is 2. The summed E-state index contributed by atoms with van der Waals surface area (Å²) in [5.41, 5.74) is 0.542. The van der Waals surface area contributed by atoms with Crippen LogP contribution in [0.5, 0.6) is 11.5 Å². The first-order valence-corrected chi connectivity index (χ1v) is 9.64. The zero-order valence-electron chi connectivity index (χ0n) is 14.7. The third kappa shape index (κ3) is 2.35. The number of allylic oxidation sites excluding steroid dienone is 2. The standard InChI is InChI=1S/C20H19ClN2O4/c1-2-27-15-6-9(5-14(21)18(15)24)8-22-23-19(25)16-10-3-4-11(13-7-12(10)13)17(16)20(23)26/h3-6,8,10-13,16-17,24H,2,7H2,1H3/b22-8-/t10-,11-,12-,13-,16-,17+/m1/s1. The van der Waals surface area contributed by atoms with Gasteiger partial charge in [-0.15, -0.1) is 0 Å². The average Bonchev–Trinajstić information content (AvgIpc) is 3.43. The van der Waals surface area contributed by atoms with Crippen molar-refractivity contribution in [3.05, 3.63) is 34.9 Å². The molecule has 1 saturated heterocycles. The highest BCUT2D eigenvalue weighted by Gasteiger charge is 2.67. The molecule has 0 spiro atoms. The zero-order valence-corrected chi connectivity index (χ0v) is 15.5. The molecule has 1 heterocycles. The Balaban J connectivity index is 1.42. The van der Waals surface area contributed by atoms with Gasteiger partial charge in [0.25, 0.3) is 11.8 Å². The Hall–Kier alpha value is -2.34. The summed E-state index contributed by atoms with van der Waals surface area (Å²) >= 11 is 6.03. The second-order valence-electron chi connectivity index (χ2n) is 7.67. The smallest absolute Gasteiger partial charge is 0.254 e. The van der Waals surface area contributed by atoms with Crippen molar-refractivity contribution >= 4 is 29.6 Å². The fourth-order valence-electron chi connectivity index (χ4n) is 5.11. The topological polar surface area (TPSA) is 79.2 Å². The van der Waals surface area contributed by atoms with Gasteiger partial charge in [-0.25, -0.2) is 0 Å². The van der Waals surface area contributed by atoms with Crippen LogP contribution in [0.4, 0.5) is 0 Å². The normalized spacial score (nSPS) is 35.7. The van der Waals surface area contributed by atoms with Gasteiger partial charge in [0, 0.05) is 0 Å². The molecule has 1 aromatic carbocycles. The van der Waals surface area contributed by atoms with E-state index in [0.717, 1.165) is 11.4 Å². The van der Waals surface area contributed by atoms with Crippen LogP contribution in [0.2, 0.25) is 5.02 Å². The lowest BCUT2D eigenvalue weighted by Gasteiger charge is -2.37. The van der Waals surface area contributed by atoms with Crippen molar-refractivity contribution in [3.63, 3.8) is 0 Å². The molecule has 0 unspecified atom stereocenters. The largest absolute Gasteiger partial charge is 0.503 e. The monoisotopic (exact) mass is 386 g/mol. The van der Waals surface area contributed by atoms with Gasteiger partial charge in [-0.3, -0.25) is 9.59 Å². The number of amides is 2. The van der Waals surface area contributed by atoms with Crippen molar-refractivity contribution in [2.75, 3.05) is 6.61 Å². The number of phenols is 1. The fourth-order valence-corrected chi connectivity index (χ4v) is 5.33. The van der Waals surface area contributed by atoms with Crippen LogP contribution in [-0.4, -0.2) is 34.8 Å². The Morgan fingerprint density at radius 2 is 1.85 bits per heavy atom. The maximum atomic E-state index is 12.9. The molecule has 2 amide bonds. The van der Waals surface area contributed by atoms with Gasteiger partial charge in [0.2, 0.25) is 0 Å². The summed E-state index contributed by atoms with van der Waals surface area (Å²) in [6.45, 7) is 2.17. The van der Waals surface area contributed by atoms with Crippen LogP contribution in [0.1, 0.15) is 18.9 Å². The lowest BCUT2D eigenvalue weighted by molar-refractivity contribution is -0.140. The molecule has 2 bridgehead atoms. The molecule has 6 rings (SSSR count). The summed E-state index contributed by atoms with van der Waals surface area (Å²) in [4.78, 5) is 25.8. The number of imide groups is 1. The van der Waals surface area contributed by atoms with Gasteiger partial charge in [0.1, 0.15) is 0 Å². The summed E-state index contributed by atoms with van der Waals surface area (Å²) in [6.07, 6.45) is 6.81. The van der Waals surface area contributed by atoms with Gasteiger partial charge in [-0.2, -0.15) is 10.1 Å². The number of carbonyl (C=O) groups is 2. The molecule has 5 aliphatic rings. The molecule has 4 aliphatic carbocycles. The number of hydrogen-bond donors (Lipinski definition) is 1. The van der Waals surface area contributed by atoms with E-state index in [1.165, 1.54) is 12.3 Å². The maximum absolute atomic E-state index is 12.9. The Kier molecular flexibility index (Phi) is 3.63. The van der Waals surface area contributed by atoms with E-state index >= 15 is 0 Å². The minimum Gasteiger partial charge on any atom is -0.503 e. The summed E-state index contributed by atoms with van der Waals surface area (Å²) in [6, 6.07) is 3.09. The van der Waals surface area contributed by atoms with Crippen molar-refractivity contribution < 1.29 is 19.4 Å². The highest BCUT2D eigenvalue weighted by molar-refractivity contribution is 6.32.